The molecule has 12 heteroatoms. The van der Waals surface area contributed by atoms with Crippen molar-refractivity contribution >= 4 is 45.4 Å². The Kier molecular flexibility index (Phi) is 4.63. The van der Waals surface area contributed by atoms with E-state index in [4.69, 9.17) is 20.8 Å². The lowest BCUT2D eigenvalue weighted by Crippen LogP contribution is -2.06. The van der Waals surface area contributed by atoms with Gasteiger partial charge in [-0.1, -0.05) is 11.6 Å². The number of nitrogens with zero attached hydrogens (tertiary/aromatic N) is 5. The van der Waals surface area contributed by atoms with Crippen LogP contribution in [0.1, 0.15) is 5.56 Å². The van der Waals surface area contributed by atoms with E-state index in [9.17, 15) is 13.2 Å². The molecule has 0 amide bonds. The predicted octanol–water partition coefficient (Wildman–Crippen LogP) is 5.71. The highest BCUT2D eigenvalue weighted by atomic mass is 35.5. The van der Waals surface area contributed by atoms with E-state index in [0.717, 1.165) is 12.1 Å². The van der Waals surface area contributed by atoms with Crippen LogP contribution in [-0.4, -0.2) is 24.7 Å². The molecule has 8 nitrogen and oxygen atoms in total. The number of fused-ring (bicyclic) bond motifs is 2. The summed E-state index contributed by atoms with van der Waals surface area (Å²) in [7, 11) is 1.76. The largest absolute Gasteiger partial charge is 0.438 e. The van der Waals surface area contributed by atoms with Crippen molar-refractivity contribution in [2.24, 2.45) is 7.05 Å². The Morgan fingerprint density at radius 2 is 1.97 bits per heavy atom. The van der Waals surface area contributed by atoms with Crippen LogP contribution in [0, 0.1) is 0 Å². The van der Waals surface area contributed by atoms with Crippen LogP contribution >= 0.6 is 11.6 Å². The molecule has 1 N–H and O–H groups in total. The number of alkyl halides is 3. The van der Waals surface area contributed by atoms with Crippen LogP contribution in [-0.2, 0) is 13.2 Å². The van der Waals surface area contributed by atoms with Crippen LogP contribution < -0.4 is 10.1 Å². The molecule has 0 unspecified atom stereocenters. The quantitative estimate of drug-likeness (QED) is 0.367. The highest BCUT2D eigenvalue weighted by molar-refractivity contribution is 6.31. The van der Waals surface area contributed by atoms with Gasteiger partial charge in [-0.2, -0.15) is 23.3 Å². The molecule has 3 aromatic heterocycles. The van der Waals surface area contributed by atoms with Gasteiger partial charge in [-0.05, 0) is 30.3 Å². The monoisotopic (exact) mass is 460 g/mol. The van der Waals surface area contributed by atoms with E-state index in [-0.39, 0.29) is 11.7 Å². The first-order chi connectivity index (χ1) is 15.3. The first-order valence-electron chi connectivity index (χ1n) is 9.13. The van der Waals surface area contributed by atoms with E-state index >= 15 is 0 Å². The number of benzene rings is 2. The normalized spacial score (nSPS) is 11.9. The molecule has 0 aliphatic heterocycles. The van der Waals surface area contributed by atoms with Crippen LogP contribution in [0.5, 0.6) is 11.6 Å². The maximum atomic E-state index is 13.1. The Balaban J connectivity index is 1.42. The zero-order valence-electron chi connectivity index (χ0n) is 16.2. The van der Waals surface area contributed by atoms with Crippen molar-refractivity contribution in [1.29, 1.82) is 0 Å². The standard InChI is InChI=1S/C20H12ClF3N6O2/c1-30-17-12(8-27-30)18(26-9-25-17)31-11-3-5-16-15(7-11)29-19(32-16)28-10-2-4-14(21)13(6-10)20(22,23)24/h2-9H,1H3,(H,28,29). The number of aryl methyl sites for hydroxylation is 1. The average Bonchev–Trinajstić information content (AvgIpc) is 3.32. The Hall–Kier alpha value is -3.86. The van der Waals surface area contributed by atoms with Gasteiger partial charge in [0.2, 0.25) is 5.88 Å². The molecule has 0 atom stereocenters. The van der Waals surface area contributed by atoms with Crippen molar-refractivity contribution in [3.05, 3.63) is 59.5 Å². The van der Waals surface area contributed by atoms with Gasteiger partial charge in [0.05, 0.1) is 16.8 Å². The van der Waals surface area contributed by atoms with Crippen LogP contribution in [0.4, 0.5) is 24.9 Å². The molecule has 0 spiro atoms. The first kappa shape index (κ1) is 20.1. The number of hydrogen-bond acceptors (Lipinski definition) is 7. The van der Waals surface area contributed by atoms with Gasteiger partial charge in [0, 0.05) is 18.8 Å². The predicted molar refractivity (Wildman–Crippen MR) is 110 cm³/mol. The van der Waals surface area contributed by atoms with Crippen LogP contribution in [0.15, 0.2) is 53.3 Å². The van der Waals surface area contributed by atoms with Crippen molar-refractivity contribution in [2.45, 2.75) is 6.18 Å². The number of halogens is 4. The van der Waals surface area contributed by atoms with E-state index in [2.05, 4.69) is 25.4 Å². The zero-order chi connectivity index (χ0) is 22.5. The van der Waals surface area contributed by atoms with E-state index in [1.165, 1.54) is 12.4 Å². The lowest BCUT2D eigenvalue weighted by Gasteiger charge is -2.10. The molecular weight excluding hydrogens is 449 g/mol. The summed E-state index contributed by atoms with van der Waals surface area (Å²) in [4.78, 5) is 12.6. The summed E-state index contributed by atoms with van der Waals surface area (Å²) < 4.78 is 52.3. The second kappa shape index (κ2) is 7.38. The summed E-state index contributed by atoms with van der Waals surface area (Å²) in [6.07, 6.45) is -1.61. The molecule has 0 saturated heterocycles. The molecule has 0 saturated carbocycles. The molecule has 0 aliphatic rings. The maximum Gasteiger partial charge on any atom is 0.417 e. The fraction of sp³-hybridized carbons (Fsp3) is 0.100. The van der Waals surface area contributed by atoms with Gasteiger partial charge < -0.3 is 14.5 Å². The van der Waals surface area contributed by atoms with E-state index in [1.54, 1.807) is 36.1 Å². The number of ether oxygens (including phenoxy) is 1. The number of oxazole rings is 1. The van der Waals surface area contributed by atoms with Gasteiger partial charge in [-0.25, -0.2) is 9.97 Å². The average molecular weight is 461 g/mol. The molecule has 2 aromatic carbocycles. The topological polar surface area (TPSA) is 90.9 Å². The van der Waals surface area contributed by atoms with Gasteiger partial charge >= 0.3 is 6.18 Å². The highest BCUT2D eigenvalue weighted by Gasteiger charge is 2.33. The molecule has 0 bridgehead atoms. The van der Waals surface area contributed by atoms with Crippen LogP contribution in [0.3, 0.4) is 0 Å². The lowest BCUT2D eigenvalue weighted by atomic mass is 10.2. The minimum absolute atomic E-state index is 0.0179. The van der Waals surface area contributed by atoms with Gasteiger partial charge in [-0.3, -0.25) is 4.68 Å². The summed E-state index contributed by atoms with van der Waals surface area (Å²) in [5, 5.41) is 7.10. The van der Waals surface area contributed by atoms with Gasteiger partial charge in [-0.15, -0.1) is 0 Å². The zero-order valence-corrected chi connectivity index (χ0v) is 16.9. The number of hydrogen-bond donors (Lipinski definition) is 1. The molecule has 5 rings (SSSR count). The third kappa shape index (κ3) is 3.66. The number of anilines is 2. The number of nitrogens with one attached hydrogen (secondary N) is 1. The Morgan fingerprint density at radius 3 is 2.78 bits per heavy atom. The first-order valence-corrected chi connectivity index (χ1v) is 9.50. The third-order valence-corrected chi connectivity index (χ3v) is 4.92. The molecular formula is C20H12ClF3N6O2. The summed E-state index contributed by atoms with van der Waals surface area (Å²) in [6, 6.07) is 8.37. The fourth-order valence-electron chi connectivity index (χ4n) is 3.10. The molecule has 162 valence electrons. The third-order valence-electron chi connectivity index (χ3n) is 4.59. The van der Waals surface area contributed by atoms with Crippen molar-refractivity contribution < 1.29 is 22.3 Å². The second-order valence-corrected chi connectivity index (χ2v) is 7.16. The number of rotatable bonds is 4. The van der Waals surface area contributed by atoms with E-state index < -0.39 is 16.8 Å². The van der Waals surface area contributed by atoms with Crippen molar-refractivity contribution in [1.82, 2.24) is 24.7 Å². The molecule has 0 radical (unpaired) electrons. The summed E-state index contributed by atoms with van der Waals surface area (Å²) in [5.74, 6) is 0.761. The van der Waals surface area contributed by atoms with Crippen molar-refractivity contribution in [3.63, 3.8) is 0 Å². The SMILES string of the molecule is Cn1ncc2c(Oc3ccc4oc(Nc5ccc(Cl)c(C(F)(F)F)c5)nc4c3)ncnc21. The molecule has 0 fully saturated rings. The van der Waals surface area contributed by atoms with Gasteiger partial charge in [0.15, 0.2) is 11.2 Å². The van der Waals surface area contributed by atoms with Crippen molar-refractivity contribution in [2.75, 3.05) is 5.32 Å². The maximum absolute atomic E-state index is 13.1. The van der Waals surface area contributed by atoms with E-state index in [0.29, 0.717) is 33.8 Å². The van der Waals surface area contributed by atoms with Crippen LogP contribution in [0.25, 0.3) is 22.1 Å². The summed E-state index contributed by atoms with van der Waals surface area (Å²) in [6.45, 7) is 0. The molecule has 32 heavy (non-hydrogen) atoms. The summed E-state index contributed by atoms with van der Waals surface area (Å²) >= 11 is 5.65. The van der Waals surface area contributed by atoms with Crippen LogP contribution in [0.2, 0.25) is 5.02 Å². The second-order valence-electron chi connectivity index (χ2n) is 6.75. The minimum atomic E-state index is -4.58. The Bertz CT molecular complexity index is 1460. The van der Waals surface area contributed by atoms with E-state index in [1.807, 2.05) is 0 Å². The summed E-state index contributed by atoms with van der Waals surface area (Å²) in [5.41, 5.74) is 0.642. The smallest absolute Gasteiger partial charge is 0.417 e. The highest BCUT2D eigenvalue weighted by Crippen LogP contribution is 2.37. The molecule has 0 aliphatic carbocycles. The Labute approximate surface area is 182 Å². The minimum Gasteiger partial charge on any atom is -0.438 e. The van der Waals surface area contributed by atoms with Gasteiger partial charge in [0.25, 0.3) is 6.01 Å². The molecule has 3 heterocycles. The fourth-order valence-corrected chi connectivity index (χ4v) is 3.33. The lowest BCUT2D eigenvalue weighted by molar-refractivity contribution is -0.137. The van der Waals surface area contributed by atoms with Gasteiger partial charge in [0.1, 0.15) is 23.0 Å². The van der Waals surface area contributed by atoms with Crippen molar-refractivity contribution in [3.8, 4) is 11.6 Å². The molecule has 5 aromatic rings. The Morgan fingerprint density at radius 1 is 1.12 bits per heavy atom. The number of aromatic nitrogens is 5.